The molecule has 1 aromatic heterocycles. The minimum Gasteiger partial charge on any atom is -0.497 e. The number of ether oxygens (including phenoxy) is 1. The number of nitrogens with one attached hydrogen (secondary N) is 1. The molecule has 1 aliphatic rings. The van der Waals surface area contributed by atoms with E-state index in [1.165, 1.54) is 17.8 Å². The number of halogens is 1. The molecular formula is C30H25ClN2O4S. The molecule has 0 spiro atoms. The molecule has 5 rings (SSSR count). The molecule has 0 amide bonds. The summed E-state index contributed by atoms with van der Waals surface area (Å²) in [7, 11) is 1.58. The predicted molar refractivity (Wildman–Crippen MR) is 149 cm³/mol. The van der Waals surface area contributed by atoms with Crippen LogP contribution in [-0.4, -0.2) is 29.0 Å². The second kappa shape index (κ2) is 11.3. The molecule has 2 N–H and O–H groups in total. The zero-order chi connectivity index (χ0) is 26.6. The lowest BCUT2D eigenvalue weighted by Crippen LogP contribution is -2.13. The van der Waals surface area contributed by atoms with Crippen LogP contribution >= 0.6 is 23.4 Å². The van der Waals surface area contributed by atoms with Crippen molar-refractivity contribution in [2.75, 3.05) is 12.4 Å². The molecule has 0 saturated heterocycles. The van der Waals surface area contributed by atoms with Crippen LogP contribution in [0.3, 0.4) is 0 Å². The highest BCUT2D eigenvalue weighted by Gasteiger charge is 2.32. The average Bonchev–Trinajstić information content (AvgIpc) is 3.78. The third kappa shape index (κ3) is 6.01. The van der Waals surface area contributed by atoms with Crippen molar-refractivity contribution in [1.82, 2.24) is 4.98 Å². The Morgan fingerprint density at radius 1 is 1.05 bits per heavy atom. The highest BCUT2D eigenvalue weighted by atomic mass is 35.5. The largest absolute Gasteiger partial charge is 0.497 e. The van der Waals surface area contributed by atoms with E-state index >= 15 is 0 Å². The fourth-order valence-electron chi connectivity index (χ4n) is 4.23. The third-order valence-corrected chi connectivity index (χ3v) is 7.70. The van der Waals surface area contributed by atoms with Crippen molar-refractivity contribution in [2.45, 2.75) is 28.7 Å². The Morgan fingerprint density at radius 3 is 2.50 bits per heavy atom. The zero-order valence-corrected chi connectivity index (χ0v) is 22.1. The number of carboxylic acids is 1. The molecule has 4 aromatic rings. The SMILES string of the molecule is COc1cccc(Sc2ccc(C(=O)c3ccc(NC(c4ccc(Cl)cc4)C4CC4)cn3)cc2C(=O)O)c1. The van der Waals surface area contributed by atoms with Gasteiger partial charge < -0.3 is 15.2 Å². The number of anilines is 1. The van der Waals surface area contributed by atoms with E-state index in [1.807, 2.05) is 54.6 Å². The number of nitrogens with zero attached hydrogens (tertiary/aromatic N) is 1. The van der Waals surface area contributed by atoms with Crippen molar-refractivity contribution in [3.63, 3.8) is 0 Å². The summed E-state index contributed by atoms with van der Waals surface area (Å²) in [4.78, 5) is 30.9. The summed E-state index contributed by atoms with van der Waals surface area (Å²) in [6, 6.07) is 23.5. The maximum atomic E-state index is 13.2. The lowest BCUT2D eigenvalue weighted by atomic mass is 10.0. The summed E-state index contributed by atoms with van der Waals surface area (Å²) < 4.78 is 5.25. The van der Waals surface area contributed by atoms with Gasteiger partial charge in [0.1, 0.15) is 11.4 Å². The van der Waals surface area contributed by atoms with Gasteiger partial charge >= 0.3 is 5.97 Å². The van der Waals surface area contributed by atoms with Gasteiger partial charge in [-0.25, -0.2) is 4.79 Å². The Kier molecular flexibility index (Phi) is 7.67. The van der Waals surface area contributed by atoms with E-state index in [9.17, 15) is 14.7 Å². The van der Waals surface area contributed by atoms with Crippen molar-refractivity contribution in [2.24, 2.45) is 5.92 Å². The number of methoxy groups -OCH3 is 1. The summed E-state index contributed by atoms with van der Waals surface area (Å²) >= 11 is 7.35. The molecule has 0 aliphatic heterocycles. The van der Waals surface area contributed by atoms with Crippen molar-refractivity contribution in [3.05, 3.63) is 112 Å². The topological polar surface area (TPSA) is 88.5 Å². The van der Waals surface area contributed by atoms with E-state index < -0.39 is 5.97 Å². The van der Waals surface area contributed by atoms with Gasteiger partial charge in [0.05, 0.1) is 30.6 Å². The van der Waals surface area contributed by atoms with Gasteiger partial charge in [-0.1, -0.05) is 41.6 Å². The fourth-order valence-corrected chi connectivity index (χ4v) is 5.33. The predicted octanol–water partition coefficient (Wildman–Crippen LogP) is 7.39. The van der Waals surface area contributed by atoms with E-state index in [2.05, 4.69) is 10.3 Å². The van der Waals surface area contributed by atoms with Crippen LogP contribution in [0.25, 0.3) is 0 Å². The van der Waals surface area contributed by atoms with Crippen LogP contribution in [0.15, 0.2) is 94.9 Å². The first kappa shape index (κ1) is 25.8. The van der Waals surface area contributed by atoms with Crippen LogP contribution in [0.2, 0.25) is 5.02 Å². The molecule has 1 aliphatic carbocycles. The number of carboxylic acid groups (broad SMARTS) is 1. The van der Waals surface area contributed by atoms with Gasteiger partial charge in [0, 0.05) is 20.4 Å². The fraction of sp³-hybridized carbons (Fsp3) is 0.167. The highest BCUT2D eigenvalue weighted by Crippen LogP contribution is 2.43. The number of aromatic carboxylic acids is 1. The number of hydrogen-bond acceptors (Lipinski definition) is 6. The van der Waals surface area contributed by atoms with Crippen molar-refractivity contribution in [3.8, 4) is 5.75 Å². The van der Waals surface area contributed by atoms with E-state index in [4.69, 9.17) is 16.3 Å². The van der Waals surface area contributed by atoms with E-state index in [1.54, 1.807) is 31.5 Å². The van der Waals surface area contributed by atoms with Gasteiger partial charge in [-0.15, -0.1) is 0 Å². The average molecular weight is 545 g/mol. The van der Waals surface area contributed by atoms with Crippen molar-refractivity contribution < 1.29 is 19.4 Å². The van der Waals surface area contributed by atoms with Crippen LogP contribution in [0.4, 0.5) is 5.69 Å². The maximum Gasteiger partial charge on any atom is 0.336 e. The molecule has 1 unspecified atom stereocenters. The summed E-state index contributed by atoms with van der Waals surface area (Å²) in [5.74, 6) is -0.223. The normalized spacial score (nSPS) is 13.5. The summed E-state index contributed by atoms with van der Waals surface area (Å²) in [6.07, 6.45) is 3.95. The van der Waals surface area contributed by atoms with E-state index in [-0.39, 0.29) is 28.6 Å². The number of carbonyl (C=O) groups is 2. The molecule has 0 radical (unpaired) electrons. The Labute approximate surface area is 230 Å². The molecule has 6 nitrogen and oxygen atoms in total. The Morgan fingerprint density at radius 2 is 1.84 bits per heavy atom. The molecule has 1 atom stereocenters. The van der Waals surface area contributed by atoms with Crippen molar-refractivity contribution >= 4 is 40.8 Å². The molecule has 3 aromatic carbocycles. The van der Waals surface area contributed by atoms with Crippen LogP contribution < -0.4 is 10.1 Å². The molecule has 1 fully saturated rings. The zero-order valence-electron chi connectivity index (χ0n) is 20.6. The van der Waals surface area contributed by atoms with Gasteiger partial charge in [0.2, 0.25) is 5.78 Å². The minimum atomic E-state index is -1.11. The monoisotopic (exact) mass is 544 g/mol. The van der Waals surface area contributed by atoms with Crippen LogP contribution in [0.1, 0.15) is 50.9 Å². The number of benzene rings is 3. The molecular weight excluding hydrogens is 520 g/mol. The summed E-state index contributed by atoms with van der Waals surface area (Å²) in [5, 5.41) is 14.1. The molecule has 38 heavy (non-hydrogen) atoms. The smallest absolute Gasteiger partial charge is 0.336 e. The van der Waals surface area contributed by atoms with Crippen LogP contribution in [0, 0.1) is 5.92 Å². The number of rotatable bonds is 10. The van der Waals surface area contributed by atoms with Crippen molar-refractivity contribution in [1.29, 1.82) is 0 Å². The number of aromatic nitrogens is 1. The standard InChI is InChI=1S/C30H25ClN2O4S/c1-37-23-3-2-4-24(16-23)38-27-14-9-20(15-25(27)30(35)36)29(34)26-13-12-22(17-32-26)33-28(18-5-6-18)19-7-10-21(31)11-8-19/h2-4,7-18,28,33H,5-6H2,1H3,(H,35,36). The summed E-state index contributed by atoms with van der Waals surface area (Å²) in [6.45, 7) is 0. The number of ketones is 1. The highest BCUT2D eigenvalue weighted by molar-refractivity contribution is 7.99. The second-order valence-electron chi connectivity index (χ2n) is 9.07. The van der Waals surface area contributed by atoms with Gasteiger partial charge in [0.25, 0.3) is 0 Å². The Hall–Kier alpha value is -3.81. The molecule has 1 saturated carbocycles. The van der Waals surface area contributed by atoms with Gasteiger partial charge in [-0.05, 0) is 85.0 Å². The Balaban J connectivity index is 1.33. The quantitative estimate of drug-likeness (QED) is 0.201. The van der Waals surface area contributed by atoms with Gasteiger partial charge in [0.15, 0.2) is 0 Å². The Bertz CT molecular complexity index is 1470. The number of hydrogen-bond donors (Lipinski definition) is 2. The lowest BCUT2D eigenvalue weighted by Gasteiger charge is -2.20. The number of carbonyl (C=O) groups excluding carboxylic acids is 1. The van der Waals surface area contributed by atoms with Crippen LogP contribution in [-0.2, 0) is 0 Å². The molecule has 0 bridgehead atoms. The van der Waals surface area contributed by atoms with Gasteiger partial charge in [-0.3, -0.25) is 9.78 Å². The number of pyridine rings is 1. The van der Waals surface area contributed by atoms with Crippen LogP contribution in [0.5, 0.6) is 5.75 Å². The first-order valence-corrected chi connectivity index (χ1v) is 13.3. The minimum absolute atomic E-state index is 0.0530. The second-order valence-corrected chi connectivity index (χ2v) is 10.6. The van der Waals surface area contributed by atoms with Gasteiger partial charge in [-0.2, -0.15) is 0 Å². The molecule has 8 heteroatoms. The first-order valence-electron chi connectivity index (χ1n) is 12.1. The third-order valence-electron chi connectivity index (χ3n) is 6.38. The maximum absolute atomic E-state index is 13.2. The first-order chi connectivity index (χ1) is 18.4. The lowest BCUT2D eigenvalue weighted by molar-refractivity contribution is 0.0693. The molecule has 192 valence electrons. The van der Waals surface area contributed by atoms with E-state index in [0.29, 0.717) is 21.6 Å². The van der Waals surface area contributed by atoms with E-state index in [0.717, 1.165) is 29.0 Å². The molecule has 1 heterocycles. The summed E-state index contributed by atoms with van der Waals surface area (Å²) in [5.41, 5.74) is 2.53.